The molecule has 1 aromatic heterocycles. The molecule has 1 heterocycles. The maximum Gasteiger partial charge on any atom is 0.135 e. The summed E-state index contributed by atoms with van der Waals surface area (Å²) in [5.74, 6) is 0. The molecule has 0 aliphatic rings. The largest absolute Gasteiger partial charge is 0.456 e. The lowest BCUT2D eigenvalue weighted by atomic mass is 10.2. The van der Waals surface area contributed by atoms with Gasteiger partial charge in [0.15, 0.2) is 0 Å². The molecule has 3 rings (SSSR count). The number of hydrogen-bond donors (Lipinski definition) is 0. The normalized spacial score (nSPS) is 10.3. The zero-order valence-corrected chi connectivity index (χ0v) is 7.53. The molecule has 3 aromatic rings. The molecule has 0 aliphatic heterocycles. The molecule has 0 fully saturated rings. The van der Waals surface area contributed by atoms with E-state index < -0.39 is 0 Å². The third-order valence-electron chi connectivity index (χ3n) is 2.28. The van der Waals surface area contributed by atoms with Gasteiger partial charge in [0.2, 0.25) is 0 Å². The number of fused-ring (bicyclic) bond motifs is 3. The Kier molecular flexibility index (Phi) is 1.98. The number of hydrogen-bond acceptors (Lipinski definition) is 1. The predicted octanol–water partition coefficient (Wildman–Crippen LogP) is 2.76. The second kappa shape index (κ2) is 3.16. The van der Waals surface area contributed by atoms with Gasteiger partial charge >= 0.3 is 0 Å². The fourth-order valence-corrected chi connectivity index (χ4v) is 1.67. The van der Waals surface area contributed by atoms with E-state index in [1.165, 1.54) is 10.8 Å². The fraction of sp³-hybridized carbons (Fsp3) is 0. The van der Waals surface area contributed by atoms with Crippen molar-refractivity contribution >= 4 is 21.9 Å². The molecule has 2 N–H and O–H groups in total. The van der Waals surface area contributed by atoms with Crippen LogP contribution >= 0.6 is 0 Å². The minimum absolute atomic E-state index is 0. The zero-order valence-electron chi connectivity index (χ0n) is 7.53. The molecule has 2 nitrogen and oxygen atoms in total. The van der Waals surface area contributed by atoms with Gasteiger partial charge < -0.3 is 9.89 Å². The predicted molar refractivity (Wildman–Crippen MR) is 57.3 cm³/mol. The number of para-hydroxylation sites is 2. The highest BCUT2D eigenvalue weighted by Gasteiger charge is 2.02. The Labute approximate surface area is 81.1 Å². The lowest BCUT2D eigenvalue weighted by molar-refractivity contribution is 0.669. The van der Waals surface area contributed by atoms with Gasteiger partial charge in [0, 0.05) is 10.8 Å². The Morgan fingerprint density at radius 1 is 0.643 bits per heavy atom. The number of benzene rings is 2. The van der Waals surface area contributed by atoms with Crippen LogP contribution in [0.3, 0.4) is 0 Å². The highest BCUT2D eigenvalue weighted by Crippen LogP contribution is 2.27. The van der Waals surface area contributed by atoms with Crippen LogP contribution in [0.25, 0.3) is 21.9 Å². The van der Waals surface area contributed by atoms with E-state index in [-0.39, 0.29) is 5.48 Å². The van der Waals surface area contributed by atoms with E-state index in [0.717, 1.165) is 11.2 Å². The number of rotatable bonds is 0. The molecule has 14 heavy (non-hydrogen) atoms. The van der Waals surface area contributed by atoms with E-state index in [0.29, 0.717) is 0 Å². The molecule has 0 unspecified atom stereocenters. The summed E-state index contributed by atoms with van der Waals surface area (Å²) in [5, 5.41) is 2.39. The van der Waals surface area contributed by atoms with E-state index >= 15 is 0 Å². The minimum atomic E-state index is 0. The molecule has 0 radical (unpaired) electrons. The van der Waals surface area contributed by atoms with Gasteiger partial charge in [0.1, 0.15) is 11.2 Å². The molecule has 0 bridgehead atoms. The van der Waals surface area contributed by atoms with Crippen molar-refractivity contribution in [3.63, 3.8) is 0 Å². The Morgan fingerprint density at radius 3 is 1.57 bits per heavy atom. The first-order chi connectivity index (χ1) is 6.45. The van der Waals surface area contributed by atoms with E-state index in [4.69, 9.17) is 4.42 Å². The Hall–Kier alpha value is -1.80. The van der Waals surface area contributed by atoms with E-state index in [1.807, 2.05) is 36.4 Å². The van der Waals surface area contributed by atoms with E-state index in [1.54, 1.807) is 0 Å². The molecule has 70 valence electrons. The molecule has 0 atom stereocenters. The smallest absolute Gasteiger partial charge is 0.135 e. The summed E-state index contributed by atoms with van der Waals surface area (Å²) in [5.41, 5.74) is 1.92. The average molecular weight is 186 g/mol. The van der Waals surface area contributed by atoms with Gasteiger partial charge in [-0.3, -0.25) is 0 Å². The lowest BCUT2D eigenvalue weighted by Gasteiger charge is -1.85. The van der Waals surface area contributed by atoms with Crippen molar-refractivity contribution in [2.75, 3.05) is 0 Å². The summed E-state index contributed by atoms with van der Waals surface area (Å²) >= 11 is 0. The van der Waals surface area contributed by atoms with Crippen molar-refractivity contribution in [2.24, 2.45) is 0 Å². The van der Waals surface area contributed by atoms with Crippen molar-refractivity contribution in [1.29, 1.82) is 0 Å². The Morgan fingerprint density at radius 2 is 1.07 bits per heavy atom. The first kappa shape index (κ1) is 8.78. The van der Waals surface area contributed by atoms with Crippen LogP contribution in [0.2, 0.25) is 0 Å². The monoisotopic (exact) mass is 186 g/mol. The summed E-state index contributed by atoms with van der Waals surface area (Å²) in [4.78, 5) is 0. The molecule has 0 aliphatic carbocycles. The summed E-state index contributed by atoms with van der Waals surface area (Å²) < 4.78 is 5.65. The van der Waals surface area contributed by atoms with Crippen molar-refractivity contribution in [3.05, 3.63) is 48.5 Å². The van der Waals surface area contributed by atoms with Crippen LogP contribution in [0.15, 0.2) is 52.9 Å². The van der Waals surface area contributed by atoms with E-state index in [9.17, 15) is 0 Å². The number of furan rings is 1. The Bertz CT molecular complexity index is 516. The SMILES string of the molecule is O.c1ccc2c(c1)oc1ccccc12. The molecule has 0 saturated heterocycles. The maximum atomic E-state index is 5.65. The second-order valence-electron chi connectivity index (χ2n) is 3.09. The van der Waals surface area contributed by atoms with Crippen molar-refractivity contribution in [1.82, 2.24) is 0 Å². The Balaban J connectivity index is 0.000000750. The van der Waals surface area contributed by atoms with Gasteiger partial charge in [-0.1, -0.05) is 36.4 Å². The van der Waals surface area contributed by atoms with Gasteiger partial charge in [-0.05, 0) is 12.1 Å². The topological polar surface area (TPSA) is 44.6 Å². The van der Waals surface area contributed by atoms with Crippen molar-refractivity contribution in [3.8, 4) is 0 Å². The van der Waals surface area contributed by atoms with Crippen LogP contribution in [-0.2, 0) is 0 Å². The standard InChI is InChI=1S/C12H8O.H2O/c1-3-7-11-9(5-1)10-6-2-4-8-12(10)13-11;/h1-8H;1H2. The molecule has 0 amide bonds. The van der Waals surface area contributed by atoms with Crippen LogP contribution in [0.1, 0.15) is 0 Å². The van der Waals surface area contributed by atoms with Crippen LogP contribution in [0.5, 0.6) is 0 Å². The quantitative estimate of drug-likeness (QED) is 0.532. The molecule has 0 spiro atoms. The zero-order chi connectivity index (χ0) is 8.67. The summed E-state index contributed by atoms with van der Waals surface area (Å²) in [6.45, 7) is 0. The van der Waals surface area contributed by atoms with Crippen LogP contribution in [-0.4, -0.2) is 5.48 Å². The first-order valence-corrected chi connectivity index (χ1v) is 4.31. The first-order valence-electron chi connectivity index (χ1n) is 4.31. The minimum Gasteiger partial charge on any atom is -0.456 e. The third kappa shape index (κ3) is 1.09. The second-order valence-corrected chi connectivity index (χ2v) is 3.09. The van der Waals surface area contributed by atoms with E-state index in [2.05, 4.69) is 12.1 Å². The van der Waals surface area contributed by atoms with Gasteiger partial charge in [0.05, 0.1) is 0 Å². The van der Waals surface area contributed by atoms with Crippen molar-refractivity contribution < 1.29 is 9.89 Å². The van der Waals surface area contributed by atoms with Crippen LogP contribution in [0.4, 0.5) is 0 Å². The summed E-state index contributed by atoms with van der Waals surface area (Å²) in [6.07, 6.45) is 0. The molecular weight excluding hydrogens is 176 g/mol. The van der Waals surface area contributed by atoms with Gasteiger partial charge in [0.25, 0.3) is 0 Å². The van der Waals surface area contributed by atoms with Crippen LogP contribution < -0.4 is 0 Å². The highest BCUT2D eigenvalue weighted by atomic mass is 16.3. The van der Waals surface area contributed by atoms with Gasteiger partial charge in [-0.2, -0.15) is 0 Å². The molecular formula is C12H10O2. The lowest BCUT2D eigenvalue weighted by Crippen LogP contribution is -1.62. The maximum absolute atomic E-state index is 5.65. The van der Waals surface area contributed by atoms with Crippen LogP contribution in [0, 0.1) is 0 Å². The summed E-state index contributed by atoms with van der Waals surface area (Å²) in [7, 11) is 0. The average Bonchev–Trinajstić information content (AvgIpc) is 2.56. The van der Waals surface area contributed by atoms with Gasteiger partial charge in [-0.25, -0.2) is 0 Å². The highest BCUT2D eigenvalue weighted by molar-refractivity contribution is 6.04. The summed E-state index contributed by atoms with van der Waals surface area (Å²) in [6, 6.07) is 16.2. The molecule has 0 saturated carbocycles. The third-order valence-corrected chi connectivity index (χ3v) is 2.28. The van der Waals surface area contributed by atoms with Gasteiger partial charge in [-0.15, -0.1) is 0 Å². The van der Waals surface area contributed by atoms with Crippen molar-refractivity contribution in [2.45, 2.75) is 0 Å². The molecule has 2 heteroatoms. The fourth-order valence-electron chi connectivity index (χ4n) is 1.67. The molecule has 2 aromatic carbocycles.